The van der Waals surface area contributed by atoms with E-state index in [4.69, 9.17) is 0 Å². The van der Waals surface area contributed by atoms with Gasteiger partial charge in [-0.25, -0.2) is 0 Å². The molecule has 1 aliphatic heterocycles. The number of rotatable bonds is 2. The second-order valence-electron chi connectivity index (χ2n) is 2.81. The van der Waals surface area contributed by atoms with E-state index in [1.54, 1.807) is 0 Å². The normalized spacial score (nSPS) is 26.3. The van der Waals surface area contributed by atoms with Gasteiger partial charge in [-0.1, -0.05) is 0 Å². The average Bonchev–Trinajstić information content (AvgIpc) is 1.88. The molecule has 1 heterocycles. The third-order valence-corrected chi connectivity index (χ3v) is 2.04. The molecule has 1 fully saturated rings. The van der Waals surface area contributed by atoms with Gasteiger partial charge in [0.25, 0.3) is 0 Å². The minimum Gasteiger partial charge on any atom is -0.316 e. The Morgan fingerprint density at radius 2 is 2.50 bits per heavy atom. The van der Waals surface area contributed by atoms with E-state index in [1.807, 2.05) is 0 Å². The minimum absolute atomic E-state index is 0.0219. The first-order valence-corrected chi connectivity index (χ1v) is 4.16. The highest BCUT2D eigenvalue weighted by Gasteiger charge is 2.14. The molecule has 1 saturated heterocycles. The molecule has 1 aliphatic rings. The van der Waals surface area contributed by atoms with Crippen LogP contribution in [0.4, 0.5) is 0 Å². The molecule has 0 aromatic rings. The van der Waals surface area contributed by atoms with E-state index in [1.165, 1.54) is 12.8 Å². The zero-order valence-corrected chi connectivity index (χ0v) is 6.86. The van der Waals surface area contributed by atoms with E-state index in [0.29, 0.717) is 12.3 Å². The fourth-order valence-electron chi connectivity index (χ4n) is 1.35. The second kappa shape index (κ2) is 3.98. The van der Waals surface area contributed by atoms with Crippen LogP contribution in [0.2, 0.25) is 0 Å². The first kappa shape index (κ1) is 8.08. The summed E-state index contributed by atoms with van der Waals surface area (Å²) in [5.74, 6) is 0.541. The Hall–Kier alpha value is -0.0200. The second-order valence-corrected chi connectivity index (χ2v) is 3.31. The summed E-state index contributed by atoms with van der Waals surface area (Å²) in [6, 6.07) is 0. The Balaban J connectivity index is 2.19. The first-order chi connectivity index (χ1) is 4.79. The summed E-state index contributed by atoms with van der Waals surface area (Å²) in [5.41, 5.74) is 0. The lowest BCUT2D eigenvalue weighted by atomic mass is 9.97. The lowest BCUT2D eigenvalue weighted by Gasteiger charge is -2.20. The molecule has 0 aromatic carbocycles. The molecule has 10 heavy (non-hydrogen) atoms. The molecule has 0 saturated carbocycles. The molecule has 3 heteroatoms. The van der Waals surface area contributed by atoms with Gasteiger partial charge in [0.15, 0.2) is 5.12 Å². The molecule has 1 rings (SSSR count). The number of carbonyl (C=O) groups excluding carboxylic acids is 1. The van der Waals surface area contributed by atoms with E-state index >= 15 is 0 Å². The summed E-state index contributed by atoms with van der Waals surface area (Å²) >= 11 is 3.74. The fourth-order valence-corrected chi connectivity index (χ4v) is 1.60. The maximum absolute atomic E-state index is 10.5. The van der Waals surface area contributed by atoms with Crippen molar-refractivity contribution in [3.63, 3.8) is 0 Å². The Kier molecular flexibility index (Phi) is 3.22. The van der Waals surface area contributed by atoms with Crippen LogP contribution >= 0.6 is 12.6 Å². The van der Waals surface area contributed by atoms with Crippen molar-refractivity contribution >= 4 is 17.7 Å². The van der Waals surface area contributed by atoms with Gasteiger partial charge in [0.05, 0.1) is 0 Å². The summed E-state index contributed by atoms with van der Waals surface area (Å²) in [6.07, 6.45) is 3.02. The molecular formula is C7H13NOS. The van der Waals surface area contributed by atoms with Crippen molar-refractivity contribution in [3.05, 3.63) is 0 Å². The van der Waals surface area contributed by atoms with Crippen molar-refractivity contribution in [3.8, 4) is 0 Å². The van der Waals surface area contributed by atoms with E-state index in [-0.39, 0.29) is 5.12 Å². The van der Waals surface area contributed by atoms with E-state index in [9.17, 15) is 4.79 Å². The van der Waals surface area contributed by atoms with Crippen molar-refractivity contribution < 1.29 is 4.79 Å². The van der Waals surface area contributed by atoms with E-state index in [0.717, 1.165) is 13.1 Å². The lowest BCUT2D eigenvalue weighted by molar-refractivity contribution is -0.111. The van der Waals surface area contributed by atoms with Gasteiger partial charge >= 0.3 is 0 Å². The van der Waals surface area contributed by atoms with Gasteiger partial charge in [0, 0.05) is 6.42 Å². The topological polar surface area (TPSA) is 29.1 Å². The van der Waals surface area contributed by atoms with Crippen LogP contribution in [0.3, 0.4) is 0 Å². The van der Waals surface area contributed by atoms with Crippen molar-refractivity contribution in [1.29, 1.82) is 0 Å². The Labute approximate surface area is 66.8 Å². The summed E-state index contributed by atoms with van der Waals surface area (Å²) in [5, 5.41) is 3.28. The monoisotopic (exact) mass is 159 g/mol. The number of thiol groups is 1. The van der Waals surface area contributed by atoms with Crippen LogP contribution in [0.1, 0.15) is 19.3 Å². The third-order valence-electron chi connectivity index (χ3n) is 1.86. The van der Waals surface area contributed by atoms with Gasteiger partial charge < -0.3 is 5.32 Å². The average molecular weight is 159 g/mol. The van der Waals surface area contributed by atoms with E-state index in [2.05, 4.69) is 17.9 Å². The highest BCUT2D eigenvalue weighted by molar-refractivity contribution is 7.96. The predicted octanol–water partition coefficient (Wildman–Crippen LogP) is 0.833. The molecule has 2 nitrogen and oxygen atoms in total. The highest BCUT2D eigenvalue weighted by Crippen LogP contribution is 2.14. The van der Waals surface area contributed by atoms with Crippen molar-refractivity contribution in [2.24, 2.45) is 5.92 Å². The van der Waals surface area contributed by atoms with Crippen LogP contribution in [-0.4, -0.2) is 18.2 Å². The van der Waals surface area contributed by atoms with Gasteiger partial charge in [0.2, 0.25) is 0 Å². The maximum Gasteiger partial charge on any atom is 0.186 e. The molecule has 0 bridgehead atoms. The molecule has 0 aliphatic carbocycles. The smallest absolute Gasteiger partial charge is 0.186 e. The van der Waals surface area contributed by atoms with Crippen LogP contribution in [0, 0.1) is 5.92 Å². The van der Waals surface area contributed by atoms with Crippen molar-refractivity contribution in [1.82, 2.24) is 5.32 Å². The van der Waals surface area contributed by atoms with Gasteiger partial charge in [-0.05, 0) is 31.8 Å². The molecule has 0 spiro atoms. The predicted molar refractivity (Wildman–Crippen MR) is 44.2 cm³/mol. The SMILES string of the molecule is O=C(S)CC1CCCNC1. The highest BCUT2D eigenvalue weighted by atomic mass is 32.1. The standard InChI is InChI=1S/C7H13NOS/c9-7(10)4-6-2-1-3-8-5-6/h6,8H,1-5H2,(H,9,10). The summed E-state index contributed by atoms with van der Waals surface area (Å²) < 4.78 is 0. The van der Waals surface area contributed by atoms with Gasteiger partial charge in [-0.15, -0.1) is 12.6 Å². The van der Waals surface area contributed by atoms with E-state index < -0.39 is 0 Å². The van der Waals surface area contributed by atoms with Crippen LogP contribution < -0.4 is 5.32 Å². The zero-order valence-electron chi connectivity index (χ0n) is 5.97. The summed E-state index contributed by atoms with van der Waals surface area (Å²) in [6.45, 7) is 2.10. The summed E-state index contributed by atoms with van der Waals surface area (Å²) in [7, 11) is 0. The number of hydrogen-bond acceptors (Lipinski definition) is 2. The van der Waals surface area contributed by atoms with Crippen molar-refractivity contribution in [2.75, 3.05) is 13.1 Å². The van der Waals surface area contributed by atoms with Crippen LogP contribution in [0.15, 0.2) is 0 Å². The van der Waals surface area contributed by atoms with Crippen molar-refractivity contribution in [2.45, 2.75) is 19.3 Å². The number of nitrogens with one attached hydrogen (secondary N) is 1. The Morgan fingerprint density at radius 3 is 3.00 bits per heavy atom. The molecule has 1 unspecified atom stereocenters. The van der Waals surface area contributed by atoms with Crippen LogP contribution in [-0.2, 0) is 4.79 Å². The quantitative estimate of drug-likeness (QED) is 0.584. The van der Waals surface area contributed by atoms with Gasteiger partial charge in [-0.3, -0.25) is 4.79 Å². The summed E-state index contributed by atoms with van der Waals surface area (Å²) in [4.78, 5) is 10.5. The number of piperidine rings is 1. The van der Waals surface area contributed by atoms with Gasteiger partial charge in [0.1, 0.15) is 0 Å². The molecule has 1 atom stereocenters. The van der Waals surface area contributed by atoms with Gasteiger partial charge in [-0.2, -0.15) is 0 Å². The Morgan fingerprint density at radius 1 is 1.70 bits per heavy atom. The molecule has 1 N–H and O–H groups in total. The molecular weight excluding hydrogens is 146 g/mol. The van der Waals surface area contributed by atoms with Crippen LogP contribution in [0.5, 0.6) is 0 Å². The number of hydrogen-bond donors (Lipinski definition) is 2. The third kappa shape index (κ3) is 2.71. The molecule has 58 valence electrons. The first-order valence-electron chi connectivity index (χ1n) is 3.71. The van der Waals surface area contributed by atoms with Crippen LogP contribution in [0.25, 0.3) is 0 Å². The molecule has 0 aromatic heterocycles. The minimum atomic E-state index is 0.0219. The largest absolute Gasteiger partial charge is 0.316 e. The lowest BCUT2D eigenvalue weighted by Crippen LogP contribution is -2.30. The Bertz CT molecular complexity index is 121. The fraction of sp³-hybridized carbons (Fsp3) is 0.857. The number of carbonyl (C=O) groups is 1. The maximum atomic E-state index is 10.5. The molecule has 0 radical (unpaired) electrons. The zero-order chi connectivity index (χ0) is 7.40. The molecule has 0 amide bonds.